The van der Waals surface area contributed by atoms with Crippen molar-refractivity contribution in [3.63, 3.8) is 0 Å². The number of carboxylic acids is 1. The third-order valence-corrected chi connectivity index (χ3v) is 3.17. The van der Waals surface area contributed by atoms with E-state index in [9.17, 15) is 4.79 Å². The molecule has 0 aliphatic heterocycles. The highest BCUT2D eigenvalue weighted by Gasteiger charge is 2.14. The molecule has 102 valence electrons. The molecule has 1 N–H and O–H groups in total. The summed E-state index contributed by atoms with van der Waals surface area (Å²) in [4.78, 5) is 11.2. The van der Waals surface area contributed by atoms with E-state index < -0.39 is 5.97 Å². The number of fused-ring (bicyclic) bond motifs is 1. The highest BCUT2D eigenvalue weighted by atomic mass is 16.4. The van der Waals surface area contributed by atoms with Crippen molar-refractivity contribution in [3.05, 3.63) is 53.6 Å². The van der Waals surface area contributed by atoms with Gasteiger partial charge in [0.25, 0.3) is 0 Å². The number of nitrogens with zero attached hydrogens (tertiary/aromatic N) is 4. The first kappa shape index (κ1) is 12.8. The molecule has 6 heteroatoms. The van der Waals surface area contributed by atoms with Crippen LogP contribution in [0.1, 0.15) is 15.9 Å². The average Bonchev–Trinajstić information content (AvgIpc) is 2.92. The van der Waals surface area contributed by atoms with Crippen molar-refractivity contribution >= 4 is 17.0 Å². The molecular weight excluding hydrogens is 268 g/mol. The number of aromatic nitrogens is 3. The monoisotopic (exact) mass is 278 g/mol. The maximum Gasteiger partial charge on any atom is 0.338 e. The smallest absolute Gasteiger partial charge is 0.338 e. The Labute approximate surface area is 119 Å². The highest BCUT2D eigenvalue weighted by Crippen LogP contribution is 2.20. The first-order chi connectivity index (χ1) is 10.2. The van der Waals surface area contributed by atoms with Crippen LogP contribution in [0.25, 0.3) is 16.7 Å². The molecule has 0 saturated heterocycles. The van der Waals surface area contributed by atoms with Crippen molar-refractivity contribution in [3.8, 4) is 11.8 Å². The van der Waals surface area contributed by atoms with Crippen molar-refractivity contribution in [1.29, 1.82) is 5.26 Å². The topological polar surface area (TPSA) is 91.8 Å². The largest absolute Gasteiger partial charge is 0.478 e. The Hall–Kier alpha value is -3.20. The van der Waals surface area contributed by atoms with Crippen LogP contribution in [-0.2, 0) is 6.42 Å². The molecule has 0 fully saturated rings. The number of aromatic carboxylic acids is 1. The summed E-state index contributed by atoms with van der Waals surface area (Å²) in [6.45, 7) is 0. The molecule has 0 bridgehead atoms. The van der Waals surface area contributed by atoms with Gasteiger partial charge in [0.15, 0.2) is 0 Å². The van der Waals surface area contributed by atoms with Crippen molar-refractivity contribution in [2.75, 3.05) is 0 Å². The van der Waals surface area contributed by atoms with Crippen LogP contribution in [0.5, 0.6) is 0 Å². The van der Waals surface area contributed by atoms with Crippen molar-refractivity contribution in [2.24, 2.45) is 0 Å². The Morgan fingerprint density at radius 3 is 2.67 bits per heavy atom. The molecule has 0 saturated carbocycles. The van der Waals surface area contributed by atoms with Gasteiger partial charge in [0.05, 0.1) is 29.3 Å². The summed E-state index contributed by atoms with van der Waals surface area (Å²) in [5.74, 6) is -1.03. The number of benzene rings is 2. The van der Waals surface area contributed by atoms with Crippen LogP contribution < -0.4 is 0 Å². The van der Waals surface area contributed by atoms with Crippen LogP contribution >= 0.6 is 0 Å². The van der Waals surface area contributed by atoms with Gasteiger partial charge in [-0.15, -0.1) is 5.10 Å². The van der Waals surface area contributed by atoms with E-state index in [1.54, 1.807) is 16.8 Å². The number of carbonyl (C=O) groups is 1. The number of rotatable bonds is 3. The minimum Gasteiger partial charge on any atom is -0.478 e. The van der Waals surface area contributed by atoms with Gasteiger partial charge < -0.3 is 5.11 Å². The number of nitriles is 1. The third-order valence-electron chi connectivity index (χ3n) is 3.17. The van der Waals surface area contributed by atoms with Crippen LogP contribution in [-0.4, -0.2) is 26.1 Å². The lowest BCUT2D eigenvalue weighted by atomic mass is 10.1. The predicted octanol–water partition coefficient (Wildman–Crippen LogP) is 2.18. The van der Waals surface area contributed by atoms with E-state index in [1.165, 1.54) is 6.07 Å². The van der Waals surface area contributed by atoms with E-state index >= 15 is 0 Å². The minimum absolute atomic E-state index is 0.125. The van der Waals surface area contributed by atoms with Gasteiger partial charge in [0.1, 0.15) is 5.52 Å². The van der Waals surface area contributed by atoms with E-state index in [2.05, 4.69) is 16.4 Å². The second-order valence-corrected chi connectivity index (χ2v) is 4.48. The Kier molecular flexibility index (Phi) is 3.09. The van der Waals surface area contributed by atoms with Gasteiger partial charge in [0.2, 0.25) is 0 Å². The van der Waals surface area contributed by atoms with Gasteiger partial charge >= 0.3 is 5.97 Å². The summed E-state index contributed by atoms with van der Waals surface area (Å²) in [7, 11) is 0. The summed E-state index contributed by atoms with van der Waals surface area (Å²) in [5.41, 5.74) is 2.78. The van der Waals surface area contributed by atoms with E-state index in [-0.39, 0.29) is 5.56 Å². The fourth-order valence-corrected chi connectivity index (χ4v) is 2.15. The quantitative estimate of drug-likeness (QED) is 0.792. The van der Waals surface area contributed by atoms with Gasteiger partial charge in [-0.05, 0) is 29.8 Å². The van der Waals surface area contributed by atoms with Crippen LogP contribution in [0.2, 0.25) is 0 Å². The molecule has 3 rings (SSSR count). The average molecular weight is 278 g/mol. The van der Waals surface area contributed by atoms with Crippen LogP contribution in [0.15, 0.2) is 42.5 Å². The molecule has 0 spiro atoms. The molecule has 21 heavy (non-hydrogen) atoms. The van der Waals surface area contributed by atoms with E-state index in [0.717, 1.165) is 11.3 Å². The first-order valence-corrected chi connectivity index (χ1v) is 6.24. The zero-order valence-electron chi connectivity index (χ0n) is 10.9. The molecule has 6 nitrogen and oxygen atoms in total. The van der Waals surface area contributed by atoms with Crippen molar-refractivity contribution in [1.82, 2.24) is 15.0 Å². The van der Waals surface area contributed by atoms with Crippen molar-refractivity contribution < 1.29 is 9.90 Å². The number of carboxylic acid groups (broad SMARTS) is 1. The fourth-order valence-electron chi connectivity index (χ4n) is 2.15. The molecule has 0 atom stereocenters. The summed E-state index contributed by atoms with van der Waals surface area (Å²) in [6, 6.07) is 14.4. The lowest BCUT2D eigenvalue weighted by molar-refractivity contribution is 0.0699. The molecule has 0 unspecified atom stereocenters. The van der Waals surface area contributed by atoms with Gasteiger partial charge in [-0.3, -0.25) is 0 Å². The second-order valence-electron chi connectivity index (χ2n) is 4.48. The lowest BCUT2D eigenvalue weighted by Crippen LogP contribution is -1.98. The van der Waals surface area contributed by atoms with Crippen LogP contribution in [0, 0.1) is 11.3 Å². The Morgan fingerprint density at radius 1 is 1.24 bits per heavy atom. The summed E-state index contributed by atoms with van der Waals surface area (Å²) < 4.78 is 1.58. The fraction of sp³-hybridized carbons (Fsp3) is 0.0667. The molecule has 0 radical (unpaired) electrons. The lowest BCUT2D eigenvalue weighted by Gasteiger charge is -2.03. The summed E-state index contributed by atoms with van der Waals surface area (Å²) >= 11 is 0. The Balaban J connectivity index is 2.11. The number of hydrogen-bond donors (Lipinski definition) is 1. The van der Waals surface area contributed by atoms with Gasteiger partial charge in [-0.25, -0.2) is 9.48 Å². The molecule has 1 aromatic heterocycles. The van der Waals surface area contributed by atoms with E-state index in [1.807, 2.05) is 24.3 Å². The molecule has 3 aromatic rings. The maximum atomic E-state index is 11.2. The van der Waals surface area contributed by atoms with Crippen LogP contribution in [0.3, 0.4) is 0 Å². The minimum atomic E-state index is -1.03. The first-order valence-electron chi connectivity index (χ1n) is 6.24. The van der Waals surface area contributed by atoms with Gasteiger partial charge in [-0.2, -0.15) is 5.26 Å². The SMILES string of the molecule is N#CCc1ccc(-n2nnc3c(C(=O)O)cccc32)cc1. The Morgan fingerprint density at radius 2 is 2.00 bits per heavy atom. The van der Waals surface area contributed by atoms with Crippen LogP contribution in [0.4, 0.5) is 0 Å². The second kappa shape index (κ2) is 5.06. The molecule has 1 heterocycles. The summed E-state index contributed by atoms with van der Waals surface area (Å²) in [6.07, 6.45) is 0.349. The molecule has 0 aliphatic carbocycles. The zero-order chi connectivity index (χ0) is 14.8. The standard InChI is InChI=1S/C15H10N4O2/c16-9-8-10-4-6-11(7-5-10)19-13-3-1-2-12(15(20)21)14(13)17-18-19/h1-7H,8H2,(H,20,21). The molecule has 0 aliphatic rings. The van der Waals surface area contributed by atoms with Crippen molar-refractivity contribution in [2.45, 2.75) is 6.42 Å². The number of hydrogen-bond acceptors (Lipinski definition) is 4. The van der Waals surface area contributed by atoms with Gasteiger partial charge in [0, 0.05) is 0 Å². The normalized spacial score (nSPS) is 10.4. The Bertz CT molecular complexity index is 860. The molecule has 0 amide bonds. The van der Waals surface area contributed by atoms with E-state index in [4.69, 9.17) is 10.4 Å². The van der Waals surface area contributed by atoms with Gasteiger partial charge in [-0.1, -0.05) is 23.4 Å². The predicted molar refractivity (Wildman–Crippen MR) is 75.1 cm³/mol. The zero-order valence-corrected chi connectivity index (χ0v) is 10.9. The highest BCUT2D eigenvalue weighted by molar-refractivity contribution is 6.00. The summed E-state index contributed by atoms with van der Waals surface area (Å²) in [5, 5.41) is 25.8. The molecule has 2 aromatic carbocycles. The van der Waals surface area contributed by atoms with E-state index in [0.29, 0.717) is 17.5 Å². The third kappa shape index (κ3) is 2.21. The maximum absolute atomic E-state index is 11.2. The molecular formula is C15H10N4O2.